The van der Waals surface area contributed by atoms with E-state index in [-0.39, 0.29) is 5.56 Å². The second-order valence-electron chi connectivity index (χ2n) is 6.46. The third-order valence-electron chi connectivity index (χ3n) is 4.63. The van der Waals surface area contributed by atoms with Gasteiger partial charge in [-0.2, -0.15) is 0 Å². The number of halogens is 1. The maximum absolute atomic E-state index is 13.3. The summed E-state index contributed by atoms with van der Waals surface area (Å²) in [6.45, 7) is 2.71. The number of morpholine rings is 1. The smallest absolute Gasteiger partial charge is 0.263 e. The number of aromatic nitrogens is 2. The highest BCUT2D eigenvalue weighted by Gasteiger charge is 2.20. The lowest BCUT2D eigenvalue weighted by Gasteiger charge is -2.29. The van der Waals surface area contributed by atoms with Gasteiger partial charge in [-0.1, -0.05) is 41.9 Å². The fraction of sp³-hybridized carbons (Fsp3) is 0.238. The Labute approximate surface area is 162 Å². The average Bonchev–Trinajstić information content (AvgIpc) is 2.72. The Bertz CT molecular complexity index is 965. The normalized spacial score (nSPS) is 14.3. The lowest BCUT2D eigenvalue weighted by atomic mass is 10.1. The van der Waals surface area contributed by atoms with Crippen molar-refractivity contribution < 1.29 is 4.74 Å². The molecule has 0 amide bonds. The maximum Gasteiger partial charge on any atom is 0.263 e. The van der Waals surface area contributed by atoms with Crippen molar-refractivity contribution in [2.24, 2.45) is 0 Å². The molecule has 27 heavy (non-hydrogen) atoms. The van der Waals surface area contributed by atoms with Gasteiger partial charge in [-0.25, -0.2) is 9.55 Å². The predicted molar refractivity (Wildman–Crippen MR) is 107 cm³/mol. The van der Waals surface area contributed by atoms with Crippen molar-refractivity contribution in [2.75, 3.05) is 31.2 Å². The second-order valence-corrected chi connectivity index (χ2v) is 6.90. The van der Waals surface area contributed by atoms with E-state index >= 15 is 0 Å². The first-order valence-corrected chi connectivity index (χ1v) is 9.33. The molecule has 1 aromatic heterocycles. The van der Waals surface area contributed by atoms with Crippen molar-refractivity contribution in [3.63, 3.8) is 0 Å². The summed E-state index contributed by atoms with van der Waals surface area (Å²) in [7, 11) is 0. The number of hydrogen-bond donors (Lipinski definition) is 0. The number of benzene rings is 2. The monoisotopic (exact) mass is 381 g/mol. The topological polar surface area (TPSA) is 47.4 Å². The summed E-state index contributed by atoms with van der Waals surface area (Å²) in [5.41, 5.74) is 2.44. The minimum absolute atomic E-state index is 0.0485. The van der Waals surface area contributed by atoms with Gasteiger partial charge in [-0.3, -0.25) is 4.79 Å². The molecule has 0 spiro atoms. The molecule has 2 heterocycles. The summed E-state index contributed by atoms with van der Waals surface area (Å²) in [4.78, 5) is 20.1. The highest BCUT2D eigenvalue weighted by Crippen LogP contribution is 2.18. The van der Waals surface area contributed by atoms with E-state index in [0.717, 1.165) is 24.3 Å². The van der Waals surface area contributed by atoms with Gasteiger partial charge in [0, 0.05) is 36.3 Å². The Hall–Kier alpha value is -2.63. The molecule has 1 saturated heterocycles. The third kappa shape index (κ3) is 3.89. The van der Waals surface area contributed by atoms with E-state index in [1.54, 1.807) is 10.8 Å². The second kappa shape index (κ2) is 7.94. The molecule has 1 aliphatic rings. The molecule has 4 rings (SSSR count). The summed E-state index contributed by atoms with van der Waals surface area (Å²) in [5, 5.41) is 0.682. The molecule has 0 atom stereocenters. The number of para-hydroxylation sites is 1. The lowest BCUT2D eigenvalue weighted by Crippen LogP contribution is -2.40. The van der Waals surface area contributed by atoms with Gasteiger partial charge in [-0.15, -0.1) is 0 Å². The van der Waals surface area contributed by atoms with Crippen LogP contribution in [-0.4, -0.2) is 35.9 Å². The molecule has 3 aromatic rings. The molecule has 6 heteroatoms. The molecule has 1 fully saturated rings. The Balaban J connectivity index is 1.78. The summed E-state index contributed by atoms with van der Waals surface area (Å²) >= 11 is 5.96. The number of hydrogen-bond acceptors (Lipinski definition) is 4. The number of anilines is 1. The van der Waals surface area contributed by atoms with Gasteiger partial charge in [0.1, 0.15) is 0 Å². The van der Waals surface area contributed by atoms with Crippen LogP contribution in [0.15, 0.2) is 65.6 Å². The van der Waals surface area contributed by atoms with E-state index in [1.165, 1.54) is 0 Å². The van der Waals surface area contributed by atoms with Gasteiger partial charge in [0.25, 0.3) is 5.56 Å². The molecule has 0 saturated carbocycles. The quantitative estimate of drug-likeness (QED) is 0.695. The molecule has 2 aromatic carbocycles. The summed E-state index contributed by atoms with van der Waals surface area (Å²) in [6.07, 6.45) is 2.21. The molecule has 1 aliphatic heterocycles. The van der Waals surface area contributed by atoms with Crippen LogP contribution >= 0.6 is 11.6 Å². The molecule has 0 bridgehead atoms. The van der Waals surface area contributed by atoms with Crippen molar-refractivity contribution >= 4 is 17.5 Å². The number of rotatable bonds is 4. The van der Waals surface area contributed by atoms with E-state index in [1.807, 2.05) is 54.6 Å². The Morgan fingerprint density at radius 3 is 2.41 bits per heavy atom. The first-order valence-electron chi connectivity index (χ1n) is 8.96. The summed E-state index contributed by atoms with van der Waals surface area (Å²) < 4.78 is 7.15. The maximum atomic E-state index is 13.3. The summed E-state index contributed by atoms with van der Waals surface area (Å²) in [5.74, 6) is 0.661. The number of nitrogens with zero attached hydrogens (tertiary/aromatic N) is 3. The van der Waals surface area contributed by atoms with Gasteiger partial charge in [0.05, 0.1) is 18.9 Å². The van der Waals surface area contributed by atoms with Gasteiger partial charge in [0.15, 0.2) is 0 Å². The molecule has 138 valence electrons. The molecular weight excluding hydrogens is 362 g/mol. The molecule has 0 aliphatic carbocycles. The highest BCUT2D eigenvalue weighted by atomic mass is 35.5. The van der Waals surface area contributed by atoms with Crippen molar-refractivity contribution in [1.82, 2.24) is 9.55 Å². The van der Waals surface area contributed by atoms with Crippen LogP contribution in [0.25, 0.3) is 5.69 Å². The average molecular weight is 382 g/mol. The highest BCUT2D eigenvalue weighted by molar-refractivity contribution is 6.30. The minimum atomic E-state index is -0.0485. The van der Waals surface area contributed by atoms with Gasteiger partial charge in [0.2, 0.25) is 5.95 Å². The largest absolute Gasteiger partial charge is 0.378 e. The van der Waals surface area contributed by atoms with Gasteiger partial charge >= 0.3 is 0 Å². The van der Waals surface area contributed by atoms with Crippen LogP contribution in [0.5, 0.6) is 0 Å². The lowest BCUT2D eigenvalue weighted by molar-refractivity contribution is 0.121. The van der Waals surface area contributed by atoms with Crippen molar-refractivity contribution in [3.8, 4) is 5.69 Å². The minimum Gasteiger partial charge on any atom is -0.378 e. The number of ether oxygens (including phenoxy) is 1. The molecule has 0 N–H and O–H groups in total. The Morgan fingerprint density at radius 2 is 1.70 bits per heavy atom. The standard InChI is InChI=1S/C21H20ClN3O2/c22-18-8-6-16(7-9-18)14-17-15-23-21(24-10-12-27-13-11-24)25(20(17)26)19-4-2-1-3-5-19/h1-9,15H,10-14H2. The van der Waals surface area contributed by atoms with E-state index in [0.29, 0.717) is 36.2 Å². The van der Waals surface area contributed by atoms with Gasteiger partial charge in [-0.05, 0) is 29.8 Å². The predicted octanol–water partition coefficient (Wildman–Crippen LogP) is 3.31. The first-order chi connectivity index (χ1) is 13.2. The van der Waals surface area contributed by atoms with Crippen LogP contribution in [0.1, 0.15) is 11.1 Å². The fourth-order valence-electron chi connectivity index (χ4n) is 3.22. The van der Waals surface area contributed by atoms with E-state index < -0.39 is 0 Å². The van der Waals surface area contributed by atoms with Crippen LogP contribution in [0.4, 0.5) is 5.95 Å². The van der Waals surface area contributed by atoms with Crippen molar-refractivity contribution in [2.45, 2.75) is 6.42 Å². The Kier molecular flexibility index (Phi) is 5.23. The zero-order chi connectivity index (χ0) is 18.6. The van der Waals surface area contributed by atoms with E-state index in [2.05, 4.69) is 9.88 Å². The SMILES string of the molecule is O=c1c(Cc2ccc(Cl)cc2)cnc(N2CCOCC2)n1-c1ccccc1. The van der Waals surface area contributed by atoms with Crippen LogP contribution in [-0.2, 0) is 11.2 Å². The van der Waals surface area contributed by atoms with Crippen molar-refractivity contribution in [1.29, 1.82) is 0 Å². The van der Waals surface area contributed by atoms with Crippen molar-refractivity contribution in [3.05, 3.63) is 87.3 Å². The van der Waals surface area contributed by atoms with E-state index in [9.17, 15) is 4.79 Å². The van der Waals surface area contributed by atoms with Crippen LogP contribution in [0, 0.1) is 0 Å². The Morgan fingerprint density at radius 1 is 1.00 bits per heavy atom. The molecule has 0 unspecified atom stereocenters. The van der Waals surface area contributed by atoms with Crippen LogP contribution < -0.4 is 10.5 Å². The first kappa shape index (κ1) is 17.8. The fourth-order valence-corrected chi connectivity index (χ4v) is 3.35. The third-order valence-corrected chi connectivity index (χ3v) is 4.88. The van der Waals surface area contributed by atoms with Crippen LogP contribution in [0.3, 0.4) is 0 Å². The van der Waals surface area contributed by atoms with E-state index in [4.69, 9.17) is 16.3 Å². The zero-order valence-electron chi connectivity index (χ0n) is 14.8. The molecule has 5 nitrogen and oxygen atoms in total. The molecular formula is C21H20ClN3O2. The van der Waals surface area contributed by atoms with Crippen LogP contribution in [0.2, 0.25) is 5.02 Å². The summed E-state index contributed by atoms with van der Waals surface area (Å²) in [6, 6.07) is 17.2. The molecule has 0 radical (unpaired) electrons. The zero-order valence-corrected chi connectivity index (χ0v) is 15.6. The van der Waals surface area contributed by atoms with Gasteiger partial charge < -0.3 is 9.64 Å².